The molecule has 4 N–H and O–H groups in total. The first-order chi connectivity index (χ1) is 4.04. The second-order valence-electron chi connectivity index (χ2n) is 1.30. The summed E-state index contributed by atoms with van der Waals surface area (Å²) < 4.78 is 0. The number of carbonyl (C=O) groups is 1. The van der Waals surface area contributed by atoms with Gasteiger partial charge in [0.1, 0.15) is 0 Å². The Kier molecular flexibility index (Phi) is 33.3. The van der Waals surface area contributed by atoms with Crippen LogP contribution < -0.4 is 10.2 Å². The number of carboxylic acids is 1. The molecular formula is C4H6CaFeO7. The molecule has 0 amide bonds. The van der Waals surface area contributed by atoms with Crippen molar-refractivity contribution in [3.63, 3.8) is 0 Å². The van der Waals surface area contributed by atoms with Crippen LogP contribution >= 0.6 is 0 Å². The van der Waals surface area contributed by atoms with Crippen molar-refractivity contribution in [2.45, 2.75) is 6.42 Å². The topological polar surface area (TPSA) is 164 Å². The van der Waals surface area contributed by atoms with Gasteiger partial charge in [-0.1, -0.05) is 5.76 Å². The zero-order chi connectivity index (χ0) is 7.44. The van der Waals surface area contributed by atoms with Crippen LogP contribution in [0.2, 0.25) is 0 Å². The van der Waals surface area contributed by atoms with Gasteiger partial charge in [-0.2, -0.15) is 0 Å². The monoisotopic (exact) mass is 262 g/mol. The molecule has 0 aromatic heterocycles. The SMILES string of the molecule is O=C(O)CC([O-])=C([O-])O.[Ca+2].[Fe+2].[OH-].[OH-]. The molecule has 0 aromatic carbocycles. The summed E-state index contributed by atoms with van der Waals surface area (Å²) in [4.78, 5) is 9.63. The van der Waals surface area contributed by atoms with Crippen LogP contribution in [0.3, 0.4) is 0 Å². The Hall–Kier alpha value is 0.309. The van der Waals surface area contributed by atoms with E-state index in [1.54, 1.807) is 0 Å². The van der Waals surface area contributed by atoms with E-state index in [1.165, 1.54) is 0 Å². The van der Waals surface area contributed by atoms with Gasteiger partial charge < -0.3 is 31.4 Å². The van der Waals surface area contributed by atoms with Crippen molar-refractivity contribution in [3.05, 3.63) is 11.7 Å². The maximum atomic E-state index is 9.97. The molecule has 0 aromatic rings. The Bertz CT molecular complexity index is 155. The Balaban J connectivity index is -0.0000000533. The fourth-order valence-corrected chi connectivity index (χ4v) is 0.213. The molecule has 0 unspecified atom stereocenters. The molecule has 0 heterocycles. The molecule has 0 aliphatic carbocycles. The van der Waals surface area contributed by atoms with E-state index in [0.717, 1.165) is 0 Å². The summed E-state index contributed by atoms with van der Waals surface area (Å²) in [6.07, 6.45) is -0.949. The van der Waals surface area contributed by atoms with E-state index in [4.69, 9.17) is 10.2 Å². The van der Waals surface area contributed by atoms with Gasteiger partial charge in [-0.3, -0.25) is 4.79 Å². The van der Waals surface area contributed by atoms with Crippen molar-refractivity contribution in [1.82, 2.24) is 0 Å². The fraction of sp³-hybridized carbons (Fsp3) is 0.250. The molecule has 7 nitrogen and oxygen atoms in total. The maximum absolute atomic E-state index is 9.97. The molecule has 0 saturated heterocycles. The molecular weight excluding hydrogens is 256 g/mol. The van der Waals surface area contributed by atoms with Crippen LogP contribution in [0.4, 0.5) is 0 Å². The van der Waals surface area contributed by atoms with E-state index in [1.807, 2.05) is 0 Å². The summed E-state index contributed by atoms with van der Waals surface area (Å²) >= 11 is 0. The summed E-state index contributed by atoms with van der Waals surface area (Å²) in [7, 11) is 0. The summed E-state index contributed by atoms with van der Waals surface area (Å²) in [6, 6.07) is 0. The van der Waals surface area contributed by atoms with Crippen LogP contribution in [0.1, 0.15) is 6.42 Å². The van der Waals surface area contributed by atoms with Crippen LogP contribution in [0, 0.1) is 0 Å². The van der Waals surface area contributed by atoms with Crippen LogP contribution in [-0.2, 0) is 21.9 Å². The first kappa shape index (κ1) is 29.2. The van der Waals surface area contributed by atoms with Crippen molar-refractivity contribution >= 4 is 43.7 Å². The van der Waals surface area contributed by atoms with Crippen molar-refractivity contribution in [2.75, 3.05) is 0 Å². The Morgan fingerprint density at radius 2 is 1.46 bits per heavy atom. The van der Waals surface area contributed by atoms with Gasteiger partial charge in [-0.15, -0.1) is 0 Å². The van der Waals surface area contributed by atoms with Crippen LogP contribution in [0.25, 0.3) is 0 Å². The third kappa shape index (κ3) is 18.9. The summed E-state index contributed by atoms with van der Waals surface area (Å²) in [5.74, 6) is -4.44. The minimum atomic E-state index is -1.71. The van der Waals surface area contributed by atoms with E-state index in [2.05, 4.69) is 0 Å². The van der Waals surface area contributed by atoms with Gasteiger partial charge in [-0.25, -0.2) is 0 Å². The van der Waals surface area contributed by atoms with E-state index < -0.39 is 24.1 Å². The average molecular weight is 262 g/mol. The van der Waals surface area contributed by atoms with Crippen molar-refractivity contribution in [1.29, 1.82) is 0 Å². The molecule has 9 heteroatoms. The van der Waals surface area contributed by atoms with Gasteiger partial charge >= 0.3 is 60.8 Å². The molecule has 0 radical (unpaired) electrons. The number of carboxylic acid groups (broad SMARTS) is 1. The summed E-state index contributed by atoms with van der Waals surface area (Å²) in [5.41, 5.74) is 0. The minimum absolute atomic E-state index is 0. The normalized spacial score (nSPS) is 8.62. The van der Waals surface area contributed by atoms with Crippen molar-refractivity contribution < 1.29 is 53.2 Å². The Morgan fingerprint density at radius 1 is 1.15 bits per heavy atom. The second-order valence-corrected chi connectivity index (χ2v) is 1.30. The largest absolute Gasteiger partial charge is 2.00 e. The van der Waals surface area contributed by atoms with Crippen LogP contribution in [-0.4, -0.2) is 64.9 Å². The van der Waals surface area contributed by atoms with E-state index in [-0.39, 0.29) is 65.8 Å². The number of aliphatic carboxylic acids is 1. The minimum Gasteiger partial charge on any atom is -0.874 e. The van der Waals surface area contributed by atoms with Crippen LogP contribution in [0.5, 0.6) is 0 Å². The second kappa shape index (κ2) is 14.8. The number of rotatable bonds is 2. The van der Waals surface area contributed by atoms with Gasteiger partial charge in [-0.05, 0) is 0 Å². The third-order valence-electron chi connectivity index (χ3n) is 0.550. The molecule has 0 rings (SSSR count). The van der Waals surface area contributed by atoms with Gasteiger partial charge in [0, 0.05) is 5.95 Å². The fourth-order valence-electron chi connectivity index (χ4n) is 0.213. The van der Waals surface area contributed by atoms with Gasteiger partial charge in [0.15, 0.2) is 0 Å². The van der Waals surface area contributed by atoms with Gasteiger partial charge in [0.25, 0.3) is 0 Å². The first-order valence-corrected chi connectivity index (χ1v) is 2.02. The third-order valence-corrected chi connectivity index (χ3v) is 0.550. The van der Waals surface area contributed by atoms with E-state index in [9.17, 15) is 15.0 Å². The molecule has 0 spiro atoms. The molecule has 13 heavy (non-hydrogen) atoms. The molecule has 0 aliphatic rings. The van der Waals surface area contributed by atoms with Crippen molar-refractivity contribution in [3.8, 4) is 0 Å². The molecule has 0 bridgehead atoms. The Morgan fingerprint density at radius 3 is 1.54 bits per heavy atom. The predicted molar refractivity (Wildman–Crippen MR) is 31.5 cm³/mol. The molecule has 0 fully saturated rings. The maximum Gasteiger partial charge on any atom is 2.00 e. The van der Waals surface area contributed by atoms with E-state index >= 15 is 0 Å². The van der Waals surface area contributed by atoms with E-state index in [0.29, 0.717) is 0 Å². The summed E-state index contributed by atoms with van der Waals surface area (Å²) in [5, 5.41) is 35.3. The molecule has 0 aliphatic heterocycles. The number of hydrogen-bond acceptors (Lipinski definition) is 6. The van der Waals surface area contributed by atoms with Gasteiger partial charge in [0.05, 0.1) is 6.42 Å². The number of hydrogen-bond donors (Lipinski definition) is 2. The van der Waals surface area contributed by atoms with Crippen LogP contribution in [0.15, 0.2) is 11.7 Å². The zero-order valence-electron chi connectivity index (χ0n) is 6.28. The number of aliphatic hydroxyl groups is 1. The first-order valence-electron chi connectivity index (χ1n) is 2.02. The Labute approximate surface area is 114 Å². The van der Waals surface area contributed by atoms with Gasteiger partial charge in [0.2, 0.25) is 0 Å². The van der Waals surface area contributed by atoms with Crippen molar-refractivity contribution in [2.24, 2.45) is 0 Å². The zero-order valence-corrected chi connectivity index (χ0v) is 9.59. The summed E-state index contributed by atoms with van der Waals surface area (Å²) in [6.45, 7) is 0. The smallest absolute Gasteiger partial charge is 0.874 e. The molecule has 0 atom stereocenters. The average Bonchev–Trinajstić information content (AvgIpc) is 1.63. The molecule has 0 saturated carbocycles. The molecule has 74 valence electrons. The quantitative estimate of drug-likeness (QED) is 0.399. The standard InChI is InChI=1S/C4H6O5.Ca.Fe.2H2O/c5-2(4(8)9)1-3(6)7;;;;/h5,8-9H,1H2,(H,6,7);;;2*1H2/q;2*+2;;/p-4. The predicted octanol–water partition coefficient (Wildman–Crippen LogP) is -2.83. The number of aliphatic hydroxyl groups excluding tert-OH is 1.